The summed E-state index contributed by atoms with van der Waals surface area (Å²) in [7, 11) is 0. The monoisotopic (exact) mass is 362 g/mol. The van der Waals surface area contributed by atoms with Gasteiger partial charge in [0.1, 0.15) is 5.75 Å². The Bertz CT molecular complexity index is 362. The van der Waals surface area contributed by atoms with Crippen molar-refractivity contribution in [1.29, 1.82) is 0 Å². The van der Waals surface area contributed by atoms with Crippen molar-refractivity contribution in [1.82, 2.24) is 0 Å². The normalized spacial score (nSPS) is 19.5. The summed E-state index contributed by atoms with van der Waals surface area (Å²) < 4.78 is 12.5. The minimum Gasteiger partial charge on any atom is -0.493 e. The van der Waals surface area contributed by atoms with Crippen molar-refractivity contribution in [2.24, 2.45) is 0 Å². The van der Waals surface area contributed by atoms with Crippen molar-refractivity contribution in [3.8, 4) is 5.75 Å². The summed E-state index contributed by atoms with van der Waals surface area (Å²) in [4.78, 5) is 0. The van der Waals surface area contributed by atoms with E-state index < -0.39 is 0 Å². The molecule has 0 saturated carbocycles. The number of alkyl halides is 1. The van der Waals surface area contributed by atoms with Crippen molar-refractivity contribution >= 4 is 31.9 Å². The van der Waals surface area contributed by atoms with Gasteiger partial charge in [-0.05, 0) is 31.0 Å². The minimum atomic E-state index is 0.401. The number of ether oxygens (including phenoxy) is 2. The van der Waals surface area contributed by atoms with Gasteiger partial charge in [0.15, 0.2) is 0 Å². The SMILES string of the molecule is BrCc1cc(Br)ccc1OCCC1CCCO1. The Balaban J connectivity index is 1.85. The van der Waals surface area contributed by atoms with Gasteiger partial charge in [-0.15, -0.1) is 0 Å². The summed E-state index contributed by atoms with van der Waals surface area (Å²) in [6, 6.07) is 6.10. The van der Waals surface area contributed by atoms with E-state index in [1.54, 1.807) is 0 Å². The summed E-state index contributed by atoms with van der Waals surface area (Å²) >= 11 is 6.94. The van der Waals surface area contributed by atoms with Crippen molar-refractivity contribution in [3.63, 3.8) is 0 Å². The Labute approximate surface area is 119 Å². The number of halogens is 2. The fourth-order valence-electron chi connectivity index (χ4n) is 1.97. The zero-order valence-corrected chi connectivity index (χ0v) is 12.8. The predicted molar refractivity (Wildman–Crippen MR) is 75.9 cm³/mol. The maximum atomic E-state index is 5.81. The highest BCUT2D eigenvalue weighted by Crippen LogP contribution is 2.26. The molecule has 0 aliphatic carbocycles. The van der Waals surface area contributed by atoms with Crippen LogP contribution in [0.1, 0.15) is 24.8 Å². The van der Waals surface area contributed by atoms with Crippen LogP contribution in [0.4, 0.5) is 0 Å². The van der Waals surface area contributed by atoms with Gasteiger partial charge in [0, 0.05) is 28.4 Å². The summed E-state index contributed by atoms with van der Waals surface area (Å²) in [5.74, 6) is 0.961. The Hall–Kier alpha value is -0.0600. The van der Waals surface area contributed by atoms with Gasteiger partial charge in [-0.25, -0.2) is 0 Å². The number of rotatable bonds is 5. The van der Waals surface area contributed by atoms with E-state index in [2.05, 4.69) is 37.9 Å². The maximum Gasteiger partial charge on any atom is 0.123 e. The Morgan fingerprint density at radius 2 is 2.29 bits per heavy atom. The van der Waals surface area contributed by atoms with Crippen LogP contribution in [0.3, 0.4) is 0 Å². The fraction of sp³-hybridized carbons (Fsp3) is 0.538. The van der Waals surface area contributed by atoms with Gasteiger partial charge in [-0.1, -0.05) is 31.9 Å². The lowest BCUT2D eigenvalue weighted by atomic mass is 10.2. The van der Waals surface area contributed by atoms with Gasteiger partial charge in [0.05, 0.1) is 12.7 Å². The highest BCUT2D eigenvalue weighted by atomic mass is 79.9. The molecule has 4 heteroatoms. The first-order valence-corrected chi connectivity index (χ1v) is 7.80. The van der Waals surface area contributed by atoms with Crippen LogP contribution in [0, 0.1) is 0 Å². The first-order chi connectivity index (χ1) is 8.29. The molecule has 1 aliphatic rings. The van der Waals surface area contributed by atoms with E-state index in [1.807, 2.05) is 12.1 Å². The Morgan fingerprint density at radius 1 is 1.41 bits per heavy atom. The third-order valence-corrected chi connectivity index (χ3v) is 3.99. The van der Waals surface area contributed by atoms with Crippen LogP contribution < -0.4 is 4.74 Å². The molecular weight excluding hydrogens is 348 g/mol. The number of benzene rings is 1. The molecule has 1 aromatic carbocycles. The zero-order chi connectivity index (χ0) is 12.1. The van der Waals surface area contributed by atoms with Crippen LogP contribution in [0.25, 0.3) is 0 Å². The number of hydrogen-bond acceptors (Lipinski definition) is 2. The van der Waals surface area contributed by atoms with Gasteiger partial charge in [0.25, 0.3) is 0 Å². The second-order valence-electron chi connectivity index (χ2n) is 4.16. The molecule has 0 N–H and O–H groups in total. The van der Waals surface area contributed by atoms with Gasteiger partial charge >= 0.3 is 0 Å². The van der Waals surface area contributed by atoms with E-state index in [-0.39, 0.29) is 0 Å². The molecule has 94 valence electrons. The summed E-state index contributed by atoms with van der Waals surface area (Å²) in [5, 5.41) is 0.807. The van der Waals surface area contributed by atoms with Crippen LogP contribution in [-0.2, 0) is 10.1 Å². The summed E-state index contributed by atoms with van der Waals surface area (Å²) in [5.41, 5.74) is 1.17. The summed E-state index contributed by atoms with van der Waals surface area (Å²) in [6.07, 6.45) is 3.75. The van der Waals surface area contributed by atoms with Crippen molar-refractivity contribution in [2.45, 2.75) is 30.7 Å². The molecule has 0 radical (unpaired) electrons. The van der Waals surface area contributed by atoms with Gasteiger partial charge in [-0.2, -0.15) is 0 Å². The molecule has 1 saturated heterocycles. The van der Waals surface area contributed by atoms with Crippen LogP contribution in [-0.4, -0.2) is 19.3 Å². The average Bonchev–Trinajstić information content (AvgIpc) is 2.84. The molecule has 2 rings (SSSR count). The van der Waals surface area contributed by atoms with E-state index in [4.69, 9.17) is 9.47 Å². The van der Waals surface area contributed by atoms with Crippen LogP contribution in [0.5, 0.6) is 5.75 Å². The van der Waals surface area contributed by atoms with E-state index in [9.17, 15) is 0 Å². The van der Waals surface area contributed by atoms with E-state index in [0.29, 0.717) is 6.10 Å². The fourth-order valence-corrected chi connectivity index (χ4v) is 2.81. The van der Waals surface area contributed by atoms with Gasteiger partial charge in [-0.3, -0.25) is 0 Å². The lowest BCUT2D eigenvalue weighted by Gasteiger charge is -2.13. The molecule has 17 heavy (non-hydrogen) atoms. The van der Waals surface area contributed by atoms with Crippen molar-refractivity contribution < 1.29 is 9.47 Å². The molecule has 1 heterocycles. The molecule has 1 atom stereocenters. The molecule has 1 aliphatic heterocycles. The van der Waals surface area contributed by atoms with Crippen molar-refractivity contribution in [2.75, 3.05) is 13.2 Å². The second-order valence-corrected chi connectivity index (χ2v) is 5.63. The molecule has 0 amide bonds. The number of hydrogen-bond donors (Lipinski definition) is 0. The zero-order valence-electron chi connectivity index (χ0n) is 9.62. The predicted octanol–water partition coefficient (Wildman–Crippen LogP) is 4.29. The van der Waals surface area contributed by atoms with E-state index >= 15 is 0 Å². The largest absolute Gasteiger partial charge is 0.493 e. The molecule has 1 fully saturated rings. The quantitative estimate of drug-likeness (QED) is 0.726. The smallest absolute Gasteiger partial charge is 0.123 e. The molecule has 1 aromatic rings. The maximum absolute atomic E-state index is 5.81. The second kappa shape index (κ2) is 6.76. The molecule has 0 spiro atoms. The van der Waals surface area contributed by atoms with Gasteiger partial charge in [0.2, 0.25) is 0 Å². The Kier molecular flexibility index (Phi) is 5.32. The van der Waals surface area contributed by atoms with Crippen molar-refractivity contribution in [3.05, 3.63) is 28.2 Å². The first-order valence-electron chi connectivity index (χ1n) is 5.88. The molecule has 0 aromatic heterocycles. The third-order valence-electron chi connectivity index (χ3n) is 2.89. The van der Waals surface area contributed by atoms with Crippen LogP contribution in [0.15, 0.2) is 22.7 Å². The molecule has 0 bridgehead atoms. The third kappa shape index (κ3) is 3.97. The molecular formula is C13H16Br2O2. The molecule has 1 unspecified atom stereocenters. The standard InChI is InChI=1S/C13H16Br2O2/c14-9-10-8-11(15)3-4-13(10)17-7-5-12-2-1-6-16-12/h3-4,8,12H,1-2,5-7,9H2. The Morgan fingerprint density at radius 3 is 3.00 bits per heavy atom. The lowest BCUT2D eigenvalue weighted by Crippen LogP contribution is -2.11. The highest BCUT2D eigenvalue weighted by Gasteiger charge is 2.15. The first kappa shape index (κ1) is 13.4. The van der Waals surface area contributed by atoms with Crippen LogP contribution in [0.2, 0.25) is 0 Å². The minimum absolute atomic E-state index is 0.401. The van der Waals surface area contributed by atoms with Crippen LogP contribution >= 0.6 is 31.9 Å². The van der Waals surface area contributed by atoms with E-state index in [0.717, 1.165) is 35.2 Å². The summed E-state index contributed by atoms with van der Waals surface area (Å²) in [6.45, 7) is 1.64. The highest BCUT2D eigenvalue weighted by molar-refractivity contribution is 9.10. The van der Waals surface area contributed by atoms with E-state index in [1.165, 1.54) is 18.4 Å². The topological polar surface area (TPSA) is 18.5 Å². The lowest BCUT2D eigenvalue weighted by molar-refractivity contribution is 0.0902. The average molecular weight is 364 g/mol. The molecule has 2 nitrogen and oxygen atoms in total. The van der Waals surface area contributed by atoms with Gasteiger partial charge < -0.3 is 9.47 Å².